The summed E-state index contributed by atoms with van der Waals surface area (Å²) in [5.41, 5.74) is 3.05. The Balaban J connectivity index is 2.27. The van der Waals surface area contributed by atoms with Crippen molar-refractivity contribution in [1.29, 1.82) is 0 Å². The van der Waals surface area contributed by atoms with Gasteiger partial charge in [0.05, 0.1) is 7.11 Å². The molecule has 0 spiro atoms. The van der Waals surface area contributed by atoms with Crippen molar-refractivity contribution < 1.29 is 4.74 Å². The van der Waals surface area contributed by atoms with E-state index in [9.17, 15) is 0 Å². The van der Waals surface area contributed by atoms with Gasteiger partial charge < -0.3 is 4.74 Å². The largest absolute Gasteiger partial charge is 0.496 e. The third-order valence-electron chi connectivity index (χ3n) is 3.52. The van der Waals surface area contributed by atoms with Crippen molar-refractivity contribution in [3.8, 4) is 5.75 Å². The SMILES string of the molecule is COc1cccc2cc3c(cc12)CCCC3. The molecule has 0 atom stereocenters. The lowest BCUT2D eigenvalue weighted by Gasteiger charge is -2.17. The lowest BCUT2D eigenvalue weighted by Crippen LogP contribution is -2.02. The molecule has 0 fully saturated rings. The fourth-order valence-electron chi connectivity index (χ4n) is 2.66. The molecular formula is C15H16O. The molecule has 16 heavy (non-hydrogen) atoms. The van der Waals surface area contributed by atoms with Crippen LogP contribution in [0.4, 0.5) is 0 Å². The minimum absolute atomic E-state index is 0.992. The second kappa shape index (κ2) is 3.82. The van der Waals surface area contributed by atoms with Crippen molar-refractivity contribution in [2.24, 2.45) is 0 Å². The number of benzene rings is 2. The van der Waals surface area contributed by atoms with Crippen LogP contribution in [0.2, 0.25) is 0 Å². The molecule has 0 aromatic heterocycles. The third kappa shape index (κ3) is 1.47. The minimum atomic E-state index is 0.992. The van der Waals surface area contributed by atoms with E-state index in [0.717, 1.165) is 5.75 Å². The van der Waals surface area contributed by atoms with Crippen LogP contribution in [-0.4, -0.2) is 7.11 Å². The van der Waals surface area contributed by atoms with Crippen LogP contribution >= 0.6 is 0 Å². The van der Waals surface area contributed by atoms with Gasteiger partial charge in [0.1, 0.15) is 5.75 Å². The Bertz CT molecular complexity index is 528. The van der Waals surface area contributed by atoms with Crippen molar-refractivity contribution in [1.82, 2.24) is 0 Å². The predicted molar refractivity (Wildman–Crippen MR) is 67.1 cm³/mol. The van der Waals surface area contributed by atoms with Crippen LogP contribution < -0.4 is 4.74 Å². The zero-order valence-corrected chi connectivity index (χ0v) is 9.62. The molecule has 1 aliphatic carbocycles. The summed E-state index contributed by atoms with van der Waals surface area (Å²) in [6.45, 7) is 0. The van der Waals surface area contributed by atoms with Crippen LogP contribution in [0, 0.1) is 0 Å². The molecule has 2 aromatic rings. The van der Waals surface area contributed by atoms with Crippen LogP contribution in [0.5, 0.6) is 5.75 Å². The van der Waals surface area contributed by atoms with Gasteiger partial charge in [-0.05, 0) is 54.3 Å². The van der Waals surface area contributed by atoms with E-state index >= 15 is 0 Å². The standard InChI is InChI=1S/C15H16O/c1-16-15-8-4-7-13-9-11-5-2-3-6-12(11)10-14(13)15/h4,7-10H,2-3,5-6H2,1H3. The highest BCUT2D eigenvalue weighted by atomic mass is 16.5. The number of aryl methyl sites for hydroxylation is 2. The molecule has 0 unspecified atom stereocenters. The van der Waals surface area contributed by atoms with Gasteiger partial charge in [-0.25, -0.2) is 0 Å². The van der Waals surface area contributed by atoms with Crippen LogP contribution in [-0.2, 0) is 12.8 Å². The van der Waals surface area contributed by atoms with Gasteiger partial charge in [-0.1, -0.05) is 18.2 Å². The smallest absolute Gasteiger partial charge is 0.126 e. The topological polar surface area (TPSA) is 9.23 Å². The lowest BCUT2D eigenvalue weighted by atomic mass is 9.89. The third-order valence-corrected chi connectivity index (χ3v) is 3.52. The van der Waals surface area contributed by atoms with Crippen LogP contribution in [0.1, 0.15) is 24.0 Å². The molecule has 1 heteroatoms. The number of rotatable bonds is 1. The summed E-state index contributed by atoms with van der Waals surface area (Å²) in [5, 5.41) is 2.56. The van der Waals surface area contributed by atoms with Crippen LogP contribution in [0.15, 0.2) is 30.3 Å². The average molecular weight is 212 g/mol. The maximum Gasteiger partial charge on any atom is 0.126 e. The maximum atomic E-state index is 5.42. The van der Waals surface area contributed by atoms with Crippen molar-refractivity contribution in [2.45, 2.75) is 25.7 Å². The number of hydrogen-bond acceptors (Lipinski definition) is 1. The molecule has 1 aliphatic rings. The summed E-state index contributed by atoms with van der Waals surface area (Å²) in [5.74, 6) is 0.992. The molecule has 82 valence electrons. The summed E-state index contributed by atoms with van der Waals surface area (Å²) in [6.07, 6.45) is 5.13. The molecule has 0 bridgehead atoms. The Kier molecular flexibility index (Phi) is 2.32. The molecule has 0 heterocycles. The summed E-state index contributed by atoms with van der Waals surface area (Å²) in [6, 6.07) is 10.9. The Labute approximate surface area is 96.0 Å². The first-order valence-corrected chi connectivity index (χ1v) is 5.97. The van der Waals surface area contributed by atoms with Gasteiger partial charge in [-0.3, -0.25) is 0 Å². The summed E-state index contributed by atoms with van der Waals surface area (Å²) >= 11 is 0. The van der Waals surface area contributed by atoms with Gasteiger partial charge in [0.25, 0.3) is 0 Å². The number of ether oxygens (including phenoxy) is 1. The van der Waals surface area contributed by atoms with E-state index in [1.165, 1.54) is 47.6 Å². The molecule has 0 saturated carbocycles. The van der Waals surface area contributed by atoms with Gasteiger partial charge >= 0.3 is 0 Å². The van der Waals surface area contributed by atoms with E-state index in [1.807, 2.05) is 6.07 Å². The fourth-order valence-corrected chi connectivity index (χ4v) is 2.66. The molecule has 0 amide bonds. The Morgan fingerprint density at radius 2 is 1.75 bits per heavy atom. The average Bonchev–Trinajstić information content (AvgIpc) is 2.35. The zero-order chi connectivity index (χ0) is 11.0. The minimum Gasteiger partial charge on any atom is -0.496 e. The van der Waals surface area contributed by atoms with E-state index in [2.05, 4.69) is 24.3 Å². The Morgan fingerprint density at radius 3 is 2.50 bits per heavy atom. The van der Waals surface area contributed by atoms with Crippen LogP contribution in [0.3, 0.4) is 0 Å². The Hall–Kier alpha value is -1.50. The molecule has 3 rings (SSSR count). The van der Waals surface area contributed by atoms with Gasteiger partial charge in [0.2, 0.25) is 0 Å². The lowest BCUT2D eigenvalue weighted by molar-refractivity contribution is 0.420. The van der Waals surface area contributed by atoms with Crippen molar-refractivity contribution >= 4 is 10.8 Å². The van der Waals surface area contributed by atoms with Gasteiger partial charge in [-0.2, -0.15) is 0 Å². The molecule has 1 nitrogen and oxygen atoms in total. The highest BCUT2D eigenvalue weighted by Gasteiger charge is 2.11. The zero-order valence-electron chi connectivity index (χ0n) is 9.62. The molecule has 0 radical (unpaired) electrons. The summed E-state index contributed by atoms with van der Waals surface area (Å²) < 4.78 is 5.42. The quantitative estimate of drug-likeness (QED) is 0.700. The summed E-state index contributed by atoms with van der Waals surface area (Å²) in [4.78, 5) is 0. The normalized spacial score (nSPS) is 14.8. The number of fused-ring (bicyclic) bond motifs is 2. The predicted octanol–water partition coefficient (Wildman–Crippen LogP) is 3.73. The molecule has 0 aliphatic heterocycles. The highest BCUT2D eigenvalue weighted by molar-refractivity contribution is 5.89. The van der Waals surface area contributed by atoms with E-state index in [0.29, 0.717) is 0 Å². The van der Waals surface area contributed by atoms with Crippen molar-refractivity contribution in [3.63, 3.8) is 0 Å². The van der Waals surface area contributed by atoms with Gasteiger partial charge in [-0.15, -0.1) is 0 Å². The second-order valence-corrected chi connectivity index (χ2v) is 4.51. The van der Waals surface area contributed by atoms with E-state index in [4.69, 9.17) is 4.74 Å². The first kappa shape index (κ1) is 9.71. The molecular weight excluding hydrogens is 196 g/mol. The van der Waals surface area contributed by atoms with E-state index < -0.39 is 0 Å². The highest BCUT2D eigenvalue weighted by Crippen LogP contribution is 2.31. The summed E-state index contributed by atoms with van der Waals surface area (Å²) in [7, 11) is 1.74. The Morgan fingerprint density at radius 1 is 1.00 bits per heavy atom. The van der Waals surface area contributed by atoms with Crippen molar-refractivity contribution in [3.05, 3.63) is 41.5 Å². The van der Waals surface area contributed by atoms with E-state index in [-0.39, 0.29) is 0 Å². The number of hydrogen-bond donors (Lipinski definition) is 0. The van der Waals surface area contributed by atoms with E-state index in [1.54, 1.807) is 7.11 Å². The molecule has 2 aromatic carbocycles. The van der Waals surface area contributed by atoms with Gasteiger partial charge in [0, 0.05) is 5.39 Å². The van der Waals surface area contributed by atoms with Crippen molar-refractivity contribution in [2.75, 3.05) is 7.11 Å². The molecule has 0 N–H and O–H groups in total. The monoisotopic (exact) mass is 212 g/mol. The molecule has 0 saturated heterocycles. The second-order valence-electron chi connectivity index (χ2n) is 4.51. The maximum absolute atomic E-state index is 5.42. The van der Waals surface area contributed by atoms with Crippen LogP contribution in [0.25, 0.3) is 10.8 Å². The fraction of sp³-hybridized carbons (Fsp3) is 0.333. The first-order valence-electron chi connectivity index (χ1n) is 5.97. The number of methoxy groups -OCH3 is 1. The van der Waals surface area contributed by atoms with Gasteiger partial charge in [0.15, 0.2) is 0 Å². The first-order chi connectivity index (χ1) is 7.88.